The quantitative estimate of drug-likeness (QED) is 0.413. The molecule has 0 unspecified atom stereocenters. The minimum atomic E-state index is -0.315. The molecule has 3 aromatic rings. The van der Waals surface area contributed by atoms with Gasteiger partial charge in [0, 0.05) is 26.0 Å². The van der Waals surface area contributed by atoms with Crippen LogP contribution in [0.15, 0.2) is 41.6 Å². The number of rotatable bonds is 6. The van der Waals surface area contributed by atoms with Crippen molar-refractivity contribution in [3.05, 3.63) is 51.4 Å². The van der Waals surface area contributed by atoms with Crippen LogP contribution in [-0.2, 0) is 0 Å². The summed E-state index contributed by atoms with van der Waals surface area (Å²) in [6.45, 7) is 9.94. The van der Waals surface area contributed by atoms with Gasteiger partial charge in [-0.2, -0.15) is 0 Å². The van der Waals surface area contributed by atoms with E-state index >= 15 is 0 Å². The standard InChI is InChI=1S/C22H24ClN3O2S2/c1-6-29-17-8-14(23)7-15(9-17)26-21(27)19-10-18(13(2)30-19)20-24-11-16(12-25-20)28-22(3,4)5/h7-12H,6H2,1-5H3,(H,26,27). The molecule has 0 spiro atoms. The van der Waals surface area contributed by atoms with E-state index in [4.69, 9.17) is 16.3 Å². The Balaban J connectivity index is 1.78. The molecule has 0 radical (unpaired) electrons. The van der Waals surface area contributed by atoms with Gasteiger partial charge in [-0.3, -0.25) is 4.79 Å². The number of carbonyl (C=O) groups is 1. The number of carbonyl (C=O) groups excluding carboxylic acids is 1. The Hall–Kier alpha value is -2.09. The average Bonchev–Trinajstić information content (AvgIpc) is 3.03. The molecule has 8 heteroatoms. The first-order chi connectivity index (χ1) is 14.1. The van der Waals surface area contributed by atoms with Gasteiger partial charge in [0.15, 0.2) is 11.6 Å². The molecule has 3 rings (SSSR count). The summed E-state index contributed by atoms with van der Waals surface area (Å²) in [7, 11) is 0. The molecule has 0 saturated carbocycles. The van der Waals surface area contributed by atoms with Crippen LogP contribution in [-0.4, -0.2) is 27.2 Å². The van der Waals surface area contributed by atoms with Gasteiger partial charge in [0.05, 0.1) is 17.3 Å². The van der Waals surface area contributed by atoms with Crippen molar-refractivity contribution in [2.75, 3.05) is 11.1 Å². The molecule has 0 fully saturated rings. The highest BCUT2D eigenvalue weighted by atomic mass is 35.5. The van der Waals surface area contributed by atoms with E-state index in [-0.39, 0.29) is 11.5 Å². The Bertz CT molecular complexity index is 1040. The maximum Gasteiger partial charge on any atom is 0.265 e. The van der Waals surface area contributed by atoms with E-state index < -0.39 is 0 Å². The zero-order chi connectivity index (χ0) is 21.9. The van der Waals surface area contributed by atoms with Gasteiger partial charge in [0.2, 0.25) is 0 Å². The predicted octanol–water partition coefficient (Wildman–Crippen LogP) is 6.71. The van der Waals surface area contributed by atoms with Crippen molar-refractivity contribution in [3.8, 4) is 17.1 Å². The van der Waals surface area contributed by atoms with Crippen LogP contribution in [0.25, 0.3) is 11.4 Å². The topological polar surface area (TPSA) is 64.1 Å². The van der Waals surface area contributed by atoms with Crippen LogP contribution < -0.4 is 10.1 Å². The van der Waals surface area contributed by atoms with Crippen molar-refractivity contribution in [2.24, 2.45) is 0 Å². The maximum absolute atomic E-state index is 12.8. The number of amides is 1. The number of thioether (sulfide) groups is 1. The van der Waals surface area contributed by atoms with Gasteiger partial charge in [-0.1, -0.05) is 18.5 Å². The van der Waals surface area contributed by atoms with Gasteiger partial charge in [-0.25, -0.2) is 9.97 Å². The average molecular weight is 462 g/mol. The van der Waals surface area contributed by atoms with Gasteiger partial charge in [-0.15, -0.1) is 23.1 Å². The third-order valence-corrected chi connectivity index (χ3v) is 6.00. The highest BCUT2D eigenvalue weighted by Gasteiger charge is 2.17. The van der Waals surface area contributed by atoms with Crippen LogP contribution in [0.1, 0.15) is 42.2 Å². The number of benzene rings is 1. The number of aryl methyl sites for hydroxylation is 1. The second kappa shape index (κ2) is 9.37. The smallest absolute Gasteiger partial charge is 0.265 e. The first kappa shape index (κ1) is 22.6. The van der Waals surface area contributed by atoms with Crippen LogP contribution in [0, 0.1) is 6.92 Å². The minimum Gasteiger partial charge on any atom is -0.485 e. The number of anilines is 1. The van der Waals surface area contributed by atoms with Crippen molar-refractivity contribution >= 4 is 46.3 Å². The molecule has 2 heterocycles. The molecule has 1 N–H and O–H groups in total. The molecule has 158 valence electrons. The SMILES string of the molecule is CCSc1cc(Cl)cc(NC(=O)c2cc(-c3ncc(OC(C)(C)C)cn3)c(C)s2)c1. The van der Waals surface area contributed by atoms with Crippen molar-refractivity contribution in [2.45, 2.75) is 45.1 Å². The van der Waals surface area contributed by atoms with Gasteiger partial charge in [0.25, 0.3) is 5.91 Å². The first-order valence-corrected chi connectivity index (χ1v) is 11.7. The fourth-order valence-corrected chi connectivity index (χ4v) is 4.72. The number of nitrogens with one attached hydrogen (secondary N) is 1. The Morgan fingerprint density at radius 2 is 1.90 bits per heavy atom. The lowest BCUT2D eigenvalue weighted by atomic mass is 10.2. The summed E-state index contributed by atoms with van der Waals surface area (Å²) >= 11 is 9.27. The van der Waals surface area contributed by atoms with E-state index in [2.05, 4.69) is 22.2 Å². The van der Waals surface area contributed by atoms with Crippen molar-refractivity contribution < 1.29 is 9.53 Å². The molecular weight excluding hydrogens is 438 g/mol. The molecule has 1 amide bonds. The van der Waals surface area contributed by atoms with Crippen molar-refractivity contribution in [3.63, 3.8) is 0 Å². The molecule has 2 aromatic heterocycles. The summed E-state index contributed by atoms with van der Waals surface area (Å²) < 4.78 is 5.77. The molecule has 0 atom stereocenters. The van der Waals surface area contributed by atoms with Crippen LogP contribution in [0.3, 0.4) is 0 Å². The number of hydrogen-bond donors (Lipinski definition) is 1. The summed E-state index contributed by atoms with van der Waals surface area (Å²) in [6.07, 6.45) is 3.31. The number of ether oxygens (including phenoxy) is 1. The normalized spacial score (nSPS) is 11.4. The molecule has 0 bridgehead atoms. The van der Waals surface area contributed by atoms with E-state index in [1.165, 1.54) is 11.3 Å². The van der Waals surface area contributed by atoms with Crippen LogP contribution in [0.2, 0.25) is 5.02 Å². The highest BCUT2D eigenvalue weighted by molar-refractivity contribution is 7.99. The number of halogens is 1. The van der Waals surface area contributed by atoms with Crippen LogP contribution in [0.5, 0.6) is 5.75 Å². The van der Waals surface area contributed by atoms with E-state index in [1.807, 2.05) is 45.9 Å². The van der Waals surface area contributed by atoms with Crippen LogP contribution >= 0.6 is 34.7 Å². The van der Waals surface area contributed by atoms with Gasteiger partial charge >= 0.3 is 0 Å². The summed E-state index contributed by atoms with van der Waals surface area (Å²) in [5.74, 6) is 1.92. The van der Waals surface area contributed by atoms with Crippen molar-refractivity contribution in [1.29, 1.82) is 0 Å². The molecule has 0 aliphatic carbocycles. The molecular formula is C22H24ClN3O2S2. The molecule has 1 aromatic carbocycles. The minimum absolute atomic E-state index is 0.184. The predicted molar refractivity (Wildman–Crippen MR) is 126 cm³/mol. The molecule has 0 saturated heterocycles. The second-order valence-electron chi connectivity index (χ2n) is 7.60. The Morgan fingerprint density at radius 1 is 1.20 bits per heavy atom. The maximum atomic E-state index is 12.8. The van der Waals surface area contributed by atoms with Crippen molar-refractivity contribution in [1.82, 2.24) is 9.97 Å². The molecule has 5 nitrogen and oxygen atoms in total. The lowest BCUT2D eigenvalue weighted by Crippen LogP contribution is -2.23. The molecule has 0 aliphatic heterocycles. The van der Waals surface area contributed by atoms with Gasteiger partial charge in [-0.05, 0) is 57.7 Å². The third kappa shape index (κ3) is 5.97. The largest absolute Gasteiger partial charge is 0.485 e. The number of nitrogens with zero attached hydrogens (tertiary/aromatic N) is 2. The zero-order valence-corrected chi connectivity index (χ0v) is 20.0. The summed E-state index contributed by atoms with van der Waals surface area (Å²) in [5.41, 5.74) is 1.20. The lowest BCUT2D eigenvalue weighted by molar-refractivity contribution is 0.103. The van der Waals surface area contributed by atoms with Crippen LogP contribution in [0.4, 0.5) is 5.69 Å². The van der Waals surface area contributed by atoms with E-state index in [9.17, 15) is 4.79 Å². The van der Waals surface area contributed by atoms with E-state index in [0.29, 0.717) is 27.2 Å². The van der Waals surface area contributed by atoms with E-state index in [1.54, 1.807) is 30.2 Å². The van der Waals surface area contributed by atoms with E-state index in [0.717, 1.165) is 21.1 Å². The fraction of sp³-hybridized carbons (Fsp3) is 0.318. The number of thiophene rings is 1. The first-order valence-electron chi connectivity index (χ1n) is 9.51. The fourth-order valence-electron chi connectivity index (χ4n) is 2.76. The lowest BCUT2D eigenvalue weighted by Gasteiger charge is -2.20. The second-order valence-corrected chi connectivity index (χ2v) is 10.6. The summed E-state index contributed by atoms with van der Waals surface area (Å²) in [4.78, 5) is 24.2. The molecule has 30 heavy (non-hydrogen) atoms. The summed E-state index contributed by atoms with van der Waals surface area (Å²) in [6, 6.07) is 7.39. The number of hydrogen-bond acceptors (Lipinski definition) is 6. The molecule has 0 aliphatic rings. The summed E-state index contributed by atoms with van der Waals surface area (Å²) in [5, 5.41) is 3.53. The number of aromatic nitrogens is 2. The Kier molecular flexibility index (Phi) is 7.06. The third-order valence-electron chi connectivity index (χ3n) is 3.87. The Morgan fingerprint density at radius 3 is 2.53 bits per heavy atom. The monoisotopic (exact) mass is 461 g/mol. The Labute approximate surface area is 190 Å². The highest BCUT2D eigenvalue weighted by Crippen LogP contribution is 2.31. The van der Waals surface area contributed by atoms with Gasteiger partial charge < -0.3 is 10.1 Å². The van der Waals surface area contributed by atoms with Gasteiger partial charge in [0.1, 0.15) is 5.60 Å². The zero-order valence-electron chi connectivity index (χ0n) is 17.6.